The van der Waals surface area contributed by atoms with Crippen LogP contribution in [0.4, 0.5) is 10.1 Å². The van der Waals surface area contributed by atoms with Gasteiger partial charge in [0, 0.05) is 17.9 Å². The Bertz CT molecular complexity index is 486. The Hall–Kier alpha value is -2.35. The lowest BCUT2D eigenvalue weighted by Gasteiger charge is -2.07. The van der Waals surface area contributed by atoms with Crippen LogP contribution in [0.25, 0.3) is 0 Å². The number of carbonyl (C=O) groups excluding carboxylic acids is 1. The van der Waals surface area contributed by atoms with E-state index in [1.165, 1.54) is 30.5 Å². The Balaban J connectivity index is 2.72. The fraction of sp³-hybridized carbons (Fsp3) is 0.231. The molecule has 0 unspecified atom stereocenters. The van der Waals surface area contributed by atoms with Crippen molar-refractivity contribution in [1.82, 2.24) is 5.32 Å². The molecule has 0 saturated heterocycles. The maximum atomic E-state index is 12.7. The summed E-state index contributed by atoms with van der Waals surface area (Å²) >= 11 is 0. The van der Waals surface area contributed by atoms with Gasteiger partial charge in [-0.2, -0.15) is 5.26 Å². The van der Waals surface area contributed by atoms with Crippen LogP contribution >= 0.6 is 0 Å². The molecule has 0 saturated carbocycles. The van der Waals surface area contributed by atoms with Gasteiger partial charge in [-0.15, -0.1) is 0 Å². The Morgan fingerprint density at radius 3 is 2.50 bits per heavy atom. The molecule has 0 aliphatic heterocycles. The molecule has 0 atom stereocenters. The van der Waals surface area contributed by atoms with Crippen LogP contribution in [0.3, 0.4) is 0 Å². The number of nitriles is 1. The third-order valence-corrected chi connectivity index (χ3v) is 2.01. The zero-order chi connectivity index (χ0) is 13.5. The largest absolute Gasteiger partial charge is 0.360 e. The molecule has 18 heavy (non-hydrogen) atoms. The van der Waals surface area contributed by atoms with Crippen molar-refractivity contribution in [3.8, 4) is 6.07 Å². The predicted octanol–water partition coefficient (Wildman–Crippen LogP) is 2.17. The summed E-state index contributed by atoms with van der Waals surface area (Å²) in [4.78, 5) is 11.6. The average molecular weight is 247 g/mol. The van der Waals surface area contributed by atoms with Gasteiger partial charge in [0.05, 0.1) is 0 Å². The number of rotatable bonds is 4. The first-order valence-corrected chi connectivity index (χ1v) is 5.46. The molecule has 94 valence electrons. The van der Waals surface area contributed by atoms with Crippen LogP contribution in [0.2, 0.25) is 0 Å². The number of carbonyl (C=O) groups is 1. The van der Waals surface area contributed by atoms with Gasteiger partial charge in [-0.25, -0.2) is 4.39 Å². The molecule has 4 nitrogen and oxygen atoms in total. The summed E-state index contributed by atoms with van der Waals surface area (Å²) in [6.45, 7) is 3.61. The van der Waals surface area contributed by atoms with E-state index in [9.17, 15) is 9.18 Å². The van der Waals surface area contributed by atoms with Gasteiger partial charge in [-0.1, -0.05) is 0 Å². The second-order valence-corrected chi connectivity index (χ2v) is 3.95. The van der Waals surface area contributed by atoms with Gasteiger partial charge in [0.2, 0.25) is 0 Å². The molecule has 0 spiro atoms. The van der Waals surface area contributed by atoms with Gasteiger partial charge >= 0.3 is 0 Å². The predicted molar refractivity (Wildman–Crippen MR) is 67.0 cm³/mol. The van der Waals surface area contributed by atoms with Crippen molar-refractivity contribution in [3.05, 3.63) is 41.9 Å². The topological polar surface area (TPSA) is 64.9 Å². The summed E-state index contributed by atoms with van der Waals surface area (Å²) < 4.78 is 12.7. The Kier molecular flexibility index (Phi) is 4.88. The van der Waals surface area contributed by atoms with E-state index in [4.69, 9.17) is 5.26 Å². The monoisotopic (exact) mass is 247 g/mol. The highest BCUT2D eigenvalue weighted by Crippen LogP contribution is 2.08. The lowest BCUT2D eigenvalue weighted by Crippen LogP contribution is -2.31. The van der Waals surface area contributed by atoms with E-state index in [1.807, 2.05) is 0 Å². The van der Waals surface area contributed by atoms with Gasteiger partial charge in [0.15, 0.2) is 0 Å². The quantitative estimate of drug-likeness (QED) is 0.633. The summed E-state index contributed by atoms with van der Waals surface area (Å²) in [5.41, 5.74) is 0.564. The van der Waals surface area contributed by atoms with Gasteiger partial charge < -0.3 is 10.6 Å². The molecule has 0 aromatic heterocycles. The first-order chi connectivity index (χ1) is 8.52. The highest BCUT2D eigenvalue weighted by molar-refractivity contribution is 5.97. The van der Waals surface area contributed by atoms with Crippen LogP contribution < -0.4 is 10.6 Å². The van der Waals surface area contributed by atoms with Crippen molar-refractivity contribution in [2.24, 2.45) is 0 Å². The van der Waals surface area contributed by atoms with Gasteiger partial charge in [0.25, 0.3) is 5.91 Å². The van der Waals surface area contributed by atoms with Crippen LogP contribution in [-0.4, -0.2) is 11.9 Å². The van der Waals surface area contributed by atoms with E-state index in [2.05, 4.69) is 10.6 Å². The van der Waals surface area contributed by atoms with Crippen LogP contribution in [0.1, 0.15) is 13.8 Å². The second-order valence-electron chi connectivity index (χ2n) is 3.95. The maximum absolute atomic E-state index is 12.7. The number of halogens is 1. The van der Waals surface area contributed by atoms with Crippen molar-refractivity contribution in [1.29, 1.82) is 5.26 Å². The van der Waals surface area contributed by atoms with Crippen molar-refractivity contribution in [2.45, 2.75) is 19.9 Å². The van der Waals surface area contributed by atoms with E-state index in [0.29, 0.717) is 5.69 Å². The van der Waals surface area contributed by atoms with E-state index >= 15 is 0 Å². The molecule has 0 heterocycles. The third kappa shape index (κ3) is 4.26. The average Bonchev–Trinajstić information content (AvgIpc) is 2.31. The zero-order valence-electron chi connectivity index (χ0n) is 10.2. The van der Waals surface area contributed by atoms with E-state index in [-0.39, 0.29) is 17.4 Å². The Morgan fingerprint density at radius 1 is 1.39 bits per heavy atom. The summed E-state index contributed by atoms with van der Waals surface area (Å²) in [5, 5.41) is 14.2. The highest BCUT2D eigenvalue weighted by Gasteiger charge is 2.09. The lowest BCUT2D eigenvalue weighted by molar-refractivity contribution is -0.117. The zero-order valence-corrected chi connectivity index (χ0v) is 10.2. The molecule has 2 N–H and O–H groups in total. The molecule has 1 amide bonds. The number of nitrogens with zero attached hydrogens (tertiary/aromatic N) is 1. The number of hydrogen-bond acceptors (Lipinski definition) is 3. The molecular weight excluding hydrogens is 233 g/mol. The number of benzene rings is 1. The van der Waals surface area contributed by atoms with Crippen molar-refractivity contribution >= 4 is 11.6 Å². The van der Waals surface area contributed by atoms with E-state index < -0.39 is 5.91 Å². The first kappa shape index (κ1) is 13.7. The normalized spacial score (nSPS) is 10.9. The molecule has 0 aliphatic carbocycles. The highest BCUT2D eigenvalue weighted by atomic mass is 19.1. The Labute approximate surface area is 105 Å². The number of amides is 1. The van der Waals surface area contributed by atoms with E-state index in [1.54, 1.807) is 19.9 Å². The molecule has 0 bridgehead atoms. The molecular formula is C13H14FN3O. The maximum Gasteiger partial charge on any atom is 0.263 e. The molecule has 0 fully saturated rings. The van der Waals surface area contributed by atoms with Crippen LogP contribution in [-0.2, 0) is 4.79 Å². The number of hydrogen-bond donors (Lipinski definition) is 2. The lowest BCUT2D eigenvalue weighted by atomic mass is 10.2. The molecule has 5 heteroatoms. The minimum Gasteiger partial charge on any atom is -0.360 e. The minimum absolute atomic E-state index is 0.0342. The van der Waals surface area contributed by atoms with Crippen molar-refractivity contribution in [2.75, 3.05) is 5.32 Å². The second kappa shape index (κ2) is 6.40. The van der Waals surface area contributed by atoms with Crippen molar-refractivity contribution in [3.63, 3.8) is 0 Å². The van der Waals surface area contributed by atoms with E-state index in [0.717, 1.165) is 0 Å². The van der Waals surface area contributed by atoms with Crippen molar-refractivity contribution < 1.29 is 9.18 Å². The number of anilines is 1. The Morgan fingerprint density at radius 2 is 2.00 bits per heavy atom. The summed E-state index contributed by atoms with van der Waals surface area (Å²) in [5.74, 6) is -0.787. The SMILES string of the molecule is CC(C)NC(=O)/C(C#N)=C\Nc1ccc(F)cc1. The smallest absolute Gasteiger partial charge is 0.263 e. The minimum atomic E-state index is -0.442. The molecule has 1 rings (SSSR count). The van der Waals surface area contributed by atoms with Crippen LogP contribution in [0, 0.1) is 17.1 Å². The van der Waals surface area contributed by atoms with Crippen LogP contribution in [0.5, 0.6) is 0 Å². The fourth-order valence-electron chi connectivity index (χ4n) is 1.19. The standard InChI is InChI=1S/C13H14FN3O/c1-9(2)17-13(18)10(7-15)8-16-12-5-3-11(14)4-6-12/h3-6,8-9,16H,1-2H3,(H,17,18)/b10-8-. The number of nitrogens with one attached hydrogen (secondary N) is 2. The molecule has 0 aliphatic rings. The van der Waals surface area contributed by atoms with Crippen LogP contribution in [0.15, 0.2) is 36.0 Å². The third-order valence-electron chi connectivity index (χ3n) is 2.01. The molecule has 0 radical (unpaired) electrons. The summed E-state index contributed by atoms with van der Waals surface area (Å²) in [6.07, 6.45) is 1.30. The van der Waals surface area contributed by atoms with Gasteiger partial charge in [-0.3, -0.25) is 4.79 Å². The summed E-state index contributed by atoms with van der Waals surface area (Å²) in [6, 6.07) is 7.37. The fourth-order valence-corrected chi connectivity index (χ4v) is 1.19. The van der Waals surface area contributed by atoms with Gasteiger partial charge in [0.1, 0.15) is 17.5 Å². The summed E-state index contributed by atoms with van der Waals surface area (Å²) in [7, 11) is 0. The molecule has 1 aromatic carbocycles. The first-order valence-electron chi connectivity index (χ1n) is 5.46. The molecule has 1 aromatic rings. The van der Waals surface area contributed by atoms with Gasteiger partial charge in [-0.05, 0) is 38.1 Å².